The van der Waals surface area contributed by atoms with E-state index in [9.17, 15) is 4.79 Å². The van der Waals surface area contributed by atoms with Gasteiger partial charge in [0, 0.05) is 38.8 Å². The van der Waals surface area contributed by atoms with Crippen LogP contribution in [0, 0.1) is 0 Å². The molecule has 2 aliphatic heterocycles. The predicted molar refractivity (Wildman–Crippen MR) is 82.9 cm³/mol. The first-order valence-corrected chi connectivity index (χ1v) is 7.31. The maximum absolute atomic E-state index is 11.7. The van der Waals surface area contributed by atoms with Crippen molar-refractivity contribution in [3.63, 3.8) is 0 Å². The Hall–Kier alpha value is -1.75. The lowest BCUT2D eigenvalue weighted by Crippen LogP contribution is -2.45. The van der Waals surface area contributed by atoms with Gasteiger partial charge in [0.2, 0.25) is 0 Å². The second kappa shape index (κ2) is 4.63. The Labute approximate surface area is 126 Å². The molecular weight excluding hydrogens is 266 g/mol. The first-order chi connectivity index (χ1) is 9.84. The minimum atomic E-state index is -0.341. The van der Waals surface area contributed by atoms with Gasteiger partial charge < -0.3 is 14.5 Å². The number of nitrogens with zero attached hydrogens (tertiary/aromatic N) is 3. The zero-order chi connectivity index (χ0) is 15.4. The summed E-state index contributed by atoms with van der Waals surface area (Å²) in [5.41, 5.74) is 2.61. The Bertz CT molecular complexity index is 587. The fraction of sp³-hybridized carbons (Fsp3) is 0.562. The van der Waals surface area contributed by atoms with Crippen molar-refractivity contribution in [2.75, 3.05) is 39.6 Å². The average Bonchev–Trinajstić information content (AvgIpc) is 2.85. The summed E-state index contributed by atoms with van der Waals surface area (Å²) in [6.45, 7) is 3.40. The van der Waals surface area contributed by atoms with Gasteiger partial charge in [0.15, 0.2) is 0 Å². The second-order valence-corrected chi connectivity index (χ2v) is 6.57. The highest BCUT2D eigenvalue weighted by molar-refractivity contribution is 5.72. The van der Waals surface area contributed by atoms with Crippen molar-refractivity contribution in [3.05, 3.63) is 23.8 Å². The first kappa shape index (κ1) is 14.2. The Balaban J connectivity index is 1.97. The Morgan fingerprint density at radius 3 is 2.76 bits per heavy atom. The van der Waals surface area contributed by atoms with Crippen LogP contribution >= 0.6 is 0 Å². The highest BCUT2D eigenvalue weighted by Crippen LogP contribution is 2.51. The van der Waals surface area contributed by atoms with Crippen LogP contribution in [0.25, 0.3) is 0 Å². The van der Waals surface area contributed by atoms with Gasteiger partial charge in [-0.2, -0.15) is 0 Å². The van der Waals surface area contributed by atoms with Gasteiger partial charge in [-0.3, -0.25) is 4.90 Å². The number of hydrogen-bond acceptors (Lipinski definition) is 4. The smallest absolute Gasteiger partial charge is 0.410 e. The Morgan fingerprint density at radius 1 is 1.38 bits per heavy atom. The predicted octanol–water partition coefficient (Wildman–Crippen LogP) is 2.12. The highest BCUT2D eigenvalue weighted by atomic mass is 16.6. The van der Waals surface area contributed by atoms with E-state index in [2.05, 4.69) is 36.9 Å². The van der Waals surface area contributed by atoms with E-state index in [0.29, 0.717) is 11.9 Å². The van der Waals surface area contributed by atoms with Crippen LogP contribution < -0.4 is 9.64 Å². The van der Waals surface area contributed by atoms with E-state index in [1.807, 2.05) is 12.1 Å². The van der Waals surface area contributed by atoms with E-state index >= 15 is 0 Å². The van der Waals surface area contributed by atoms with E-state index < -0.39 is 0 Å². The van der Waals surface area contributed by atoms with Crippen molar-refractivity contribution in [3.8, 4) is 5.75 Å². The third-order valence-corrected chi connectivity index (χ3v) is 4.87. The van der Waals surface area contributed by atoms with E-state index in [-0.39, 0.29) is 11.5 Å². The van der Waals surface area contributed by atoms with Gasteiger partial charge in [-0.25, -0.2) is 4.79 Å². The lowest BCUT2D eigenvalue weighted by molar-refractivity contribution is 0.172. The molecule has 1 aromatic rings. The average molecular weight is 289 g/mol. The van der Waals surface area contributed by atoms with Crippen molar-refractivity contribution in [1.29, 1.82) is 0 Å². The number of fused-ring (bicyclic) bond motifs is 3. The van der Waals surface area contributed by atoms with Crippen molar-refractivity contribution in [1.82, 2.24) is 9.80 Å². The van der Waals surface area contributed by atoms with Crippen molar-refractivity contribution in [2.24, 2.45) is 0 Å². The van der Waals surface area contributed by atoms with Crippen LogP contribution in [0.2, 0.25) is 0 Å². The van der Waals surface area contributed by atoms with Crippen LogP contribution in [0.1, 0.15) is 18.9 Å². The number of rotatable bonds is 1. The summed E-state index contributed by atoms with van der Waals surface area (Å²) >= 11 is 0. The van der Waals surface area contributed by atoms with Crippen LogP contribution in [0.4, 0.5) is 10.5 Å². The highest BCUT2D eigenvalue weighted by Gasteiger charge is 2.52. The van der Waals surface area contributed by atoms with E-state index in [1.165, 1.54) is 16.2 Å². The maximum Gasteiger partial charge on any atom is 0.414 e. The number of likely N-dealkylation sites (N-methyl/N-ethyl adjacent to an activating group) is 2. The van der Waals surface area contributed by atoms with E-state index in [4.69, 9.17) is 4.74 Å². The molecule has 0 bridgehead atoms. The fourth-order valence-electron chi connectivity index (χ4n) is 3.81. The van der Waals surface area contributed by atoms with Crippen molar-refractivity contribution >= 4 is 11.8 Å². The number of carbonyl (C=O) groups is 1. The normalized spacial score (nSPS) is 27.5. The minimum Gasteiger partial charge on any atom is -0.410 e. The summed E-state index contributed by atoms with van der Waals surface area (Å²) in [6, 6.07) is 5.97. The molecule has 0 spiro atoms. The molecule has 3 rings (SSSR count). The summed E-state index contributed by atoms with van der Waals surface area (Å²) < 4.78 is 5.41. The zero-order valence-electron chi connectivity index (χ0n) is 13.4. The molecule has 2 atom stereocenters. The van der Waals surface area contributed by atoms with Gasteiger partial charge in [-0.1, -0.05) is 6.92 Å². The van der Waals surface area contributed by atoms with Crippen LogP contribution in [-0.2, 0) is 5.41 Å². The topological polar surface area (TPSA) is 36.0 Å². The van der Waals surface area contributed by atoms with E-state index in [0.717, 1.165) is 13.0 Å². The zero-order valence-corrected chi connectivity index (χ0v) is 13.4. The van der Waals surface area contributed by atoms with Gasteiger partial charge >= 0.3 is 6.09 Å². The molecule has 0 aliphatic carbocycles. The third-order valence-electron chi connectivity index (χ3n) is 4.87. The fourth-order valence-corrected chi connectivity index (χ4v) is 3.81. The van der Waals surface area contributed by atoms with Crippen LogP contribution in [0.15, 0.2) is 18.2 Å². The number of ether oxygens (including phenoxy) is 1. The van der Waals surface area contributed by atoms with Crippen molar-refractivity contribution in [2.45, 2.75) is 24.9 Å². The van der Waals surface area contributed by atoms with Gasteiger partial charge in [-0.15, -0.1) is 0 Å². The number of amides is 1. The Kier molecular flexibility index (Phi) is 3.13. The van der Waals surface area contributed by atoms with Crippen LogP contribution in [0.5, 0.6) is 5.75 Å². The molecule has 2 unspecified atom stereocenters. The SMILES string of the molecule is CN(C)C(=O)Oc1ccc2c(c1)C1(C)CCN(C)C1N2C. The molecule has 5 nitrogen and oxygen atoms in total. The summed E-state index contributed by atoms with van der Waals surface area (Å²) in [5.74, 6) is 0.622. The van der Waals surface area contributed by atoms with E-state index in [1.54, 1.807) is 14.1 Å². The molecule has 0 saturated carbocycles. The molecule has 0 aromatic heterocycles. The number of carbonyl (C=O) groups excluding carboxylic acids is 1. The molecule has 0 N–H and O–H groups in total. The molecule has 21 heavy (non-hydrogen) atoms. The standard InChI is InChI=1S/C16H23N3O2/c1-16-8-9-18(4)14(16)19(5)13-7-6-11(10-12(13)16)21-15(20)17(2)3/h6-7,10,14H,8-9H2,1-5H3. The number of hydrogen-bond donors (Lipinski definition) is 0. The third kappa shape index (κ3) is 1.99. The summed E-state index contributed by atoms with van der Waals surface area (Å²) in [4.78, 5) is 17.9. The molecule has 0 radical (unpaired) electrons. The second-order valence-electron chi connectivity index (χ2n) is 6.57. The molecule has 114 valence electrons. The number of anilines is 1. The maximum atomic E-state index is 11.7. The molecule has 1 amide bonds. The monoisotopic (exact) mass is 289 g/mol. The van der Waals surface area contributed by atoms with Gasteiger partial charge in [0.1, 0.15) is 5.75 Å². The summed E-state index contributed by atoms with van der Waals surface area (Å²) in [7, 11) is 7.69. The molecule has 2 heterocycles. The molecule has 1 aromatic carbocycles. The van der Waals surface area contributed by atoms with Crippen molar-refractivity contribution < 1.29 is 9.53 Å². The molecule has 2 aliphatic rings. The number of likely N-dealkylation sites (tertiary alicyclic amines) is 1. The molecule has 1 fully saturated rings. The lowest BCUT2D eigenvalue weighted by atomic mass is 9.81. The van der Waals surface area contributed by atoms with Gasteiger partial charge in [0.25, 0.3) is 0 Å². The van der Waals surface area contributed by atoms with Crippen LogP contribution in [-0.4, -0.2) is 56.8 Å². The minimum absolute atomic E-state index is 0.0966. The summed E-state index contributed by atoms with van der Waals surface area (Å²) in [5, 5.41) is 0. The molecule has 1 saturated heterocycles. The van der Waals surface area contributed by atoms with Crippen LogP contribution in [0.3, 0.4) is 0 Å². The van der Waals surface area contributed by atoms with Gasteiger partial charge in [-0.05, 0) is 37.2 Å². The largest absolute Gasteiger partial charge is 0.414 e. The Morgan fingerprint density at radius 2 is 2.10 bits per heavy atom. The first-order valence-electron chi connectivity index (χ1n) is 7.31. The molecule has 5 heteroatoms. The molecular formula is C16H23N3O2. The lowest BCUT2D eigenvalue weighted by Gasteiger charge is -2.32. The summed E-state index contributed by atoms with van der Waals surface area (Å²) in [6.07, 6.45) is 1.16. The quantitative estimate of drug-likeness (QED) is 0.793. The number of benzene rings is 1. The van der Waals surface area contributed by atoms with Gasteiger partial charge in [0.05, 0.1) is 6.17 Å².